The number of nitrogens with two attached hydrogens (primary N) is 1. The van der Waals surface area contributed by atoms with Crippen LogP contribution in [0.1, 0.15) is 80.1 Å². The summed E-state index contributed by atoms with van der Waals surface area (Å²) in [5.41, 5.74) is 13.8. The number of rotatable bonds is 9. The standard InChI is InChI=1S/C48H48N8O6/c1-7-27-14-35(55(22-27)45(57)41(49)28-12-10-9-11-13-28)43-50-20-33(52-43)29-15-31-23-62-38-18-30(16-32-24-61-37(17-29)39(31)40(32)38)34-21-51-44(53-34)36-19-48(5,8-2)25-56(36)46(58)42(26(3)4)54-47(59)60-6/h1-2,9-13,15-18,20-21,26-27,35-36,41-42H,14,19,22-25,49H2,3-6H3,(H,50,52)(H,51,53)(H,54,59)/t27-,35-,36-,41+,42-,48-/m0/s1. The van der Waals surface area contributed by atoms with Crippen LogP contribution in [0.3, 0.4) is 0 Å². The molecule has 3 amide bonds. The number of hydrogen-bond acceptors (Lipinski definition) is 9. The third-order valence-electron chi connectivity index (χ3n) is 12.6. The fraction of sp³-hybridized carbons (Fsp3) is 0.354. The van der Waals surface area contributed by atoms with Crippen LogP contribution in [0.25, 0.3) is 33.6 Å². The zero-order valence-corrected chi connectivity index (χ0v) is 35.0. The Kier molecular flexibility index (Phi) is 10.3. The van der Waals surface area contributed by atoms with Gasteiger partial charge in [0.25, 0.3) is 0 Å². The summed E-state index contributed by atoms with van der Waals surface area (Å²) >= 11 is 0. The van der Waals surface area contributed by atoms with Gasteiger partial charge in [-0.3, -0.25) is 9.59 Å². The van der Waals surface area contributed by atoms with Crippen molar-refractivity contribution in [2.45, 2.75) is 71.0 Å². The quantitative estimate of drug-likeness (QED) is 0.122. The molecular weight excluding hydrogens is 785 g/mol. The number of ether oxygens (including phenoxy) is 3. The van der Waals surface area contributed by atoms with E-state index in [1.807, 2.05) is 63.2 Å². The summed E-state index contributed by atoms with van der Waals surface area (Å²) in [5, 5.41) is 2.70. The number of carbonyl (C=O) groups is 3. The first-order chi connectivity index (χ1) is 29.9. The van der Waals surface area contributed by atoms with Gasteiger partial charge in [-0.2, -0.15) is 0 Å². The van der Waals surface area contributed by atoms with Gasteiger partial charge in [-0.25, -0.2) is 14.8 Å². The highest BCUT2D eigenvalue weighted by Crippen LogP contribution is 2.51. The zero-order valence-electron chi connectivity index (χ0n) is 35.0. The van der Waals surface area contributed by atoms with Gasteiger partial charge in [-0.05, 0) is 55.5 Å². The average Bonchev–Trinajstić information content (AvgIpc) is 4.12. The van der Waals surface area contributed by atoms with Gasteiger partial charge >= 0.3 is 6.09 Å². The van der Waals surface area contributed by atoms with E-state index in [1.165, 1.54) is 7.11 Å². The van der Waals surface area contributed by atoms with Gasteiger partial charge < -0.3 is 45.0 Å². The van der Waals surface area contributed by atoms with E-state index in [9.17, 15) is 14.4 Å². The molecule has 14 nitrogen and oxygen atoms in total. The number of nitrogens with zero attached hydrogens (tertiary/aromatic N) is 4. The zero-order chi connectivity index (χ0) is 43.4. The number of methoxy groups -OCH3 is 1. The molecule has 6 heterocycles. The van der Waals surface area contributed by atoms with Crippen molar-refractivity contribution in [3.63, 3.8) is 0 Å². The number of terminal acetylenes is 2. The lowest BCUT2D eigenvalue weighted by Gasteiger charge is -2.30. The third-order valence-corrected chi connectivity index (χ3v) is 12.6. The summed E-state index contributed by atoms with van der Waals surface area (Å²) in [7, 11) is 1.27. The lowest BCUT2D eigenvalue weighted by molar-refractivity contribution is -0.136. The molecule has 2 aromatic heterocycles. The van der Waals surface area contributed by atoms with E-state index in [0.717, 1.165) is 61.8 Å². The van der Waals surface area contributed by atoms with Crippen molar-refractivity contribution in [3.8, 4) is 69.8 Å². The molecule has 0 bridgehead atoms. The molecule has 5 aromatic rings. The molecule has 0 radical (unpaired) electrons. The topological polar surface area (TPSA) is 181 Å². The van der Waals surface area contributed by atoms with E-state index in [4.69, 9.17) is 42.8 Å². The van der Waals surface area contributed by atoms with Gasteiger partial charge in [0, 0.05) is 57.8 Å². The Morgan fingerprint density at radius 3 is 2.05 bits per heavy atom. The van der Waals surface area contributed by atoms with Crippen LogP contribution in [-0.2, 0) is 27.5 Å². The van der Waals surface area contributed by atoms with Crippen molar-refractivity contribution in [3.05, 3.63) is 95.3 Å². The van der Waals surface area contributed by atoms with E-state index >= 15 is 0 Å². The Morgan fingerprint density at radius 1 is 0.903 bits per heavy atom. The number of H-pyrrole nitrogens is 2. The van der Waals surface area contributed by atoms with E-state index in [0.29, 0.717) is 50.8 Å². The number of carbonyl (C=O) groups excluding carboxylic acids is 3. The lowest BCUT2D eigenvalue weighted by Crippen LogP contribution is -2.51. The molecule has 4 aliphatic rings. The average molecular weight is 833 g/mol. The minimum Gasteiger partial charge on any atom is -0.488 e. The van der Waals surface area contributed by atoms with Crippen LogP contribution in [0, 0.1) is 41.9 Å². The van der Waals surface area contributed by atoms with Crippen LogP contribution in [0.4, 0.5) is 4.79 Å². The highest BCUT2D eigenvalue weighted by atomic mass is 16.5. The summed E-state index contributed by atoms with van der Waals surface area (Å²) in [6.07, 6.45) is 15.8. The number of hydrogen-bond donors (Lipinski definition) is 4. The normalized spacial score (nSPS) is 21.8. The molecule has 9 rings (SSSR count). The number of aromatic amines is 2. The number of nitrogens with one attached hydrogen (secondary N) is 3. The molecule has 3 aromatic carbocycles. The SMILES string of the molecule is C#C[C@H]1C[C@@H](c2ncc(-c3cc4c5c(c3)OCc3cc(-c6cnc([C@@H]7C[C@](C)(C#C)CN7C(=O)[C@@H](NC(=O)OC)C(C)C)[nH]6)cc(c3-5)OC4)[nH]2)N(C(=O)[C@H](N)c2ccccc2)C1. The number of benzene rings is 3. The van der Waals surface area contributed by atoms with Gasteiger partial charge in [0.1, 0.15) is 48.4 Å². The summed E-state index contributed by atoms with van der Waals surface area (Å²) in [6.45, 7) is 7.04. The minimum atomic E-state index is -0.815. The molecular formula is C48H48N8O6. The van der Waals surface area contributed by atoms with Crippen LogP contribution in [0.5, 0.6) is 11.5 Å². The largest absolute Gasteiger partial charge is 0.488 e. The lowest BCUT2D eigenvalue weighted by atomic mass is 9.87. The van der Waals surface area contributed by atoms with Gasteiger partial charge in [-0.15, -0.1) is 18.8 Å². The highest BCUT2D eigenvalue weighted by molar-refractivity contribution is 5.89. The monoisotopic (exact) mass is 832 g/mol. The van der Waals surface area contributed by atoms with Gasteiger partial charge in [-0.1, -0.05) is 50.1 Å². The molecule has 5 N–H and O–H groups in total. The Morgan fingerprint density at radius 2 is 1.50 bits per heavy atom. The molecule has 0 spiro atoms. The molecule has 6 atom stereocenters. The molecule has 0 unspecified atom stereocenters. The second kappa shape index (κ2) is 15.8. The van der Waals surface area contributed by atoms with Crippen molar-refractivity contribution in [1.29, 1.82) is 0 Å². The van der Waals surface area contributed by atoms with Crippen molar-refractivity contribution in [2.75, 3.05) is 20.2 Å². The molecule has 14 heteroatoms. The maximum absolute atomic E-state index is 14.0. The Bertz CT molecular complexity index is 2620. The first-order valence-electron chi connectivity index (χ1n) is 20.8. The van der Waals surface area contributed by atoms with Crippen molar-refractivity contribution < 1.29 is 28.6 Å². The molecule has 2 saturated heterocycles. The van der Waals surface area contributed by atoms with E-state index in [1.54, 1.807) is 22.2 Å². The summed E-state index contributed by atoms with van der Waals surface area (Å²) in [5.74, 6) is 7.66. The van der Waals surface area contributed by atoms with Crippen LogP contribution in [-0.4, -0.2) is 73.9 Å². The summed E-state index contributed by atoms with van der Waals surface area (Å²) < 4.78 is 17.7. The first kappa shape index (κ1) is 40.4. The van der Waals surface area contributed by atoms with E-state index < -0.39 is 29.6 Å². The van der Waals surface area contributed by atoms with Crippen LogP contribution < -0.4 is 20.5 Å². The minimum absolute atomic E-state index is 0.122. The number of likely N-dealkylation sites (tertiary alicyclic amines) is 2. The van der Waals surface area contributed by atoms with Gasteiger partial charge in [0.15, 0.2) is 0 Å². The fourth-order valence-electron chi connectivity index (χ4n) is 9.28. The Hall–Kier alpha value is -7.03. The molecule has 2 fully saturated rings. The number of alkyl carbamates (subject to hydrolysis) is 1. The number of aromatic nitrogens is 4. The van der Waals surface area contributed by atoms with Crippen molar-refractivity contribution >= 4 is 17.9 Å². The summed E-state index contributed by atoms with van der Waals surface area (Å²) in [6, 6.07) is 15.1. The molecule has 62 heavy (non-hydrogen) atoms. The number of imidazole rings is 2. The molecule has 316 valence electrons. The number of amides is 3. The predicted octanol–water partition coefficient (Wildman–Crippen LogP) is 6.43. The van der Waals surface area contributed by atoms with Crippen molar-refractivity contribution in [1.82, 2.24) is 35.1 Å². The van der Waals surface area contributed by atoms with Crippen molar-refractivity contribution in [2.24, 2.45) is 23.0 Å². The Labute approximate surface area is 359 Å². The second-order valence-electron chi connectivity index (χ2n) is 17.2. The second-order valence-corrected chi connectivity index (χ2v) is 17.2. The summed E-state index contributed by atoms with van der Waals surface area (Å²) in [4.78, 5) is 59.9. The fourth-order valence-corrected chi connectivity index (χ4v) is 9.28. The van der Waals surface area contributed by atoms with Crippen LogP contribution in [0.15, 0.2) is 67.0 Å². The van der Waals surface area contributed by atoms with Crippen LogP contribution >= 0.6 is 0 Å². The maximum Gasteiger partial charge on any atom is 0.407 e. The third kappa shape index (κ3) is 7.10. The van der Waals surface area contributed by atoms with Crippen LogP contribution in [0.2, 0.25) is 0 Å². The smallest absolute Gasteiger partial charge is 0.407 e. The molecule has 0 saturated carbocycles. The molecule has 4 aliphatic heterocycles. The highest BCUT2D eigenvalue weighted by Gasteiger charge is 2.46. The van der Waals surface area contributed by atoms with E-state index in [2.05, 4.69) is 39.3 Å². The Balaban J connectivity index is 0.970. The van der Waals surface area contributed by atoms with Gasteiger partial charge in [0.05, 0.1) is 43.0 Å². The predicted molar refractivity (Wildman–Crippen MR) is 231 cm³/mol. The van der Waals surface area contributed by atoms with E-state index in [-0.39, 0.29) is 29.7 Å². The molecule has 0 aliphatic carbocycles. The first-order valence-corrected chi connectivity index (χ1v) is 20.8. The maximum atomic E-state index is 14.0. The van der Waals surface area contributed by atoms with Gasteiger partial charge in [0.2, 0.25) is 11.8 Å².